The summed E-state index contributed by atoms with van der Waals surface area (Å²) in [5.41, 5.74) is 0.294. The van der Waals surface area contributed by atoms with E-state index in [1.165, 1.54) is 0 Å². The lowest BCUT2D eigenvalue weighted by atomic mass is 9.92. The summed E-state index contributed by atoms with van der Waals surface area (Å²) < 4.78 is 0. The maximum atomic E-state index is 12.5. The van der Waals surface area contributed by atoms with Crippen molar-refractivity contribution in [2.45, 2.75) is 51.0 Å². The Balaban J connectivity index is 2.21. The molecule has 2 N–H and O–H groups in total. The van der Waals surface area contributed by atoms with E-state index in [2.05, 4.69) is 10.3 Å². The van der Waals surface area contributed by atoms with Gasteiger partial charge in [-0.25, -0.2) is 0 Å². The highest BCUT2D eigenvalue weighted by molar-refractivity contribution is 5.94. The zero-order valence-electron chi connectivity index (χ0n) is 12.8. The molecule has 1 heterocycles. The third-order valence-corrected chi connectivity index (χ3v) is 3.96. The number of rotatable bonds is 5. The molecule has 0 radical (unpaired) electrons. The average Bonchev–Trinajstić information content (AvgIpc) is 2.76. The Morgan fingerprint density at radius 2 is 2.14 bits per heavy atom. The standard InChI is InChI=1S/C17H22N2O3/c1-17(12-15(20)21,14-10-6-7-11-18-14)19-16(22)13-8-4-2-3-5-9-13/h6-8,10-11H,2-5,9,12H2,1H3,(H,19,22)(H,20,21). The molecule has 2 rings (SSSR count). The number of aromatic nitrogens is 1. The first-order valence-corrected chi connectivity index (χ1v) is 7.66. The summed E-state index contributed by atoms with van der Waals surface area (Å²) >= 11 is 0. The van der Waals surface area contributed by atoms with E-state index in [0.29, 0.717) is 5.69 Å². The van der Waals surface area contributed by atoms with Crippen molar-refractivity contribution in [3.8, 4) is 0 Å². The smallest absolute Gasteiger partial charge is 0.306 e. The van der Waals surface area contributed by atoms with Gasteiger partial charge in [0.15, 0.2) is 0 Å². The number of aliphatic carboxylic acids is 1. The van der Waals surface area contributed by atoms with Crippen LogP contribution in [0.15, 0.2) is 36.0 Å². The Hall–Kier alpha value is -2.17. The molecule has 22 heavy (non-hydrogen) atoms. The molecule has 118 valence electrons. The van der Waals surface area contributed by atoms with Gasteiger partial charge < -0.3 is 10.4 Å². The second-order valence-electron chi connectivity index (χ2n) is 5.90. The highest BCUT2D eigenvalue weighted by atomic mass is 16.4. The van der Waals surface area contributed by atoms with Crippen LogP contribution in [0, 0.1) is 0 Å². The number of carbonyl (C=O) groups excluding carboxylic acids is 1. The zero-order valence-corrected chi connectivity index (χ0v) is 12.8. The maximum Gasteiger partial charge on any atom is 0.306 e. The third kappa shape index (κ3) is 4.16. The minimum atomic E-state index is -1.02. The summed E-state index contributed by atoms with van der Waals surface area (Å²) in [4.78, 5) is 28.0. The van der Waals surface area contributed by atoms with Crippen LogP contribution >= 0.6 is 0 Å². The van der Waals surface area contributed by atoms with Crippen molar-refractivity contribution >= 4 is 11.9 Å². The van der Waals surface area contributed by atoms with E-state index >= 15 is 0 Å². The first kappa shape index (κ1) is 16.2. The third-order valence-electron chi connectivity index (χ3n) is 3.96. The second-order valence-corrected chi connectivity index (χ2v) is 5.90. The summed E-state index contributed by atoms with van der Waals surface area (Å²) in [6.07, 6.45) is 8.25. The average molecular weight is 302 g/mol. The fourth-order valence-electron chi connectivity index (χ4n) is 2.74. The van der Waals surface area contributed by atoms with Crippen molar-refractivity contribution < 1.29 is 14.7 Å². The van der Waals surface area contributed by atoms with E-state index < -0.39 is 11.5 Å². The Labute approximate surface area is 130 Å². The monoisotopic (exact) mass is 302 g/mol. The van der Waals surface area contributed by atoms with Gasteiger partial charge in [-0.3, -0.25) is 14.6 Å². The summed E-state index contributed by atoms with van der Waals surface area (Å²) in [5, 5.41) is 12.1. The summed E-state index contributed by atoms with van der Waals surface area (Å²) in [6.45, 7) is 1.71. The number of allylic oxidation sites excluding steroid dienone is 1. The molecular formula is C17H22N2O3. The Morgan fingerprint density at radius 1 is 1.32 bits per heavy atom. The predicted octanol–water partition coefficient (Wildman–Crippen LogP) is 2.78. The van der Waals surface area contributed by atoms with Gasteiger partial charge in [-0.1, -0.05) is 18.6 Å². The van der Waals surface area contributed by atoms with Gasteiger partial charge in [0.25, 0.3) is 0 Å². The van der Waals surface area contributed by atoms with E-state index in [9.17, 15) is 14.7 Å². The molecule has 1 unspecified atom stereocenters. The van der Waals surface area contributed by atoms with Gasteiger partial charge in [-0.05, 0) is 44.7 Å². The van der Waals surface area contributed by atoms with E-state index in [1.807, 2.05) is 6.08 Å². The van der Waals surface area contributed by atoms with Crippen LogP contribution in [0.25, 0.3) is 0 Å². The van der Waals surface area contributed by atoms with Crippen molar-refractivity contribution in [1.82, 2.24) is 10.3 Å². The topological polar surface area (TPSA) is 79.3 Å². The molecule has 1 aromatic rings. The number of nitrogens with one attached hydrogen (secondary N) is 1. The molecule has 1 amide bonds. The van der Waals surface area contributed by atoms with Gasteiger partial charge in [0.1, 0.15) is 0 Å². The molecule has 0 saturated heterocycles. The Morgan fingerprint density at radius 3 is 2.82 bits per heavy atom. The predicted molar refractivity (Wildman–Crippen MR) is 83.2 cm³/mol. The van der Waals surface area contributed by atoms with E-state index in [-0.39, 0.29) is 12.3 Å². The molecule has 0 aliphatic heterocycles. The van der Waals surface area contributed by atoms with Gasteiger partial charge in [-0.15, -0.1) is 0 Å². The summed E-state index contributed by atoms with van der Waals surface area (Å²) in [5.74, 6) is -1.15. The molecule has 0 spiro atoms. The maximum absolute atomic E-state index is 12.5. The Kier molecular flexibility index (Phi) is 5.31. The van der Waals surface area contributed by atoms with Crippen LogP contribution in [0.1, 0.15) is 51.1 Å². The minimum Gasteiger partial charge on any atom is -0.481 e. The highest BCUT2D eigenvalue weighted by Gasteiger charge is 2.33. The fourth-order valence-corrected chi connectivity index (χ4v) is 2.74. The lowest BCUT2D eigenvalue weighted by Crippen LogP contribution is -2.46. The number of carboxylic acids is 1. The fraction of sp³-hybridized carbons (Fsp3) is 0.471. The van der Waals surface area contributed by atoms with E-state index in [4.69, 9.17) is 0 Å². The van der Waals surface area contributed by atoms with Crippen molar-refractivity contribution in [1.29, 1.82) is 0 Å². The molecule has 0 fully saturated rings. The lowest BCUT2D eigenvalue weighted by molar-refractivity contribution is -0.139. The molecular weight excluding hydrogens is 280 g/mol. The Bertz CT molecular complexity index is 569. The molecule has 0 bridgehead atoms. The number of hydrogen-bond donors (Lipinski definition) is 2. The van der Waals surface area contributed by atoms with Crippen LogP contribution in [-0.2, 0) is 15.1 Å². The van der Waals surface area contributed by atoms with Gasteiger partial charge in [-0.2, -0.15) is 0 Å². The number of nitrogens with zero attached hydrogens (tertiary/aromatic N) is 1. The molecule has 1 aromatic heterocycles. The van der Waals surface area contributed by atoms with E-state index in [0.717, 1.165) is 37.7 Å². The van der Waals surface area contributed by atoms with Crippen LogP contribution < -0.4 is 5.32 Å². The number of carbonyl (C=O) groups is 2. The molecule has 5 heteroatoms. The lowest BCUT2D eigenvalue weighted by Gasteiger charge is -2.29. The molecule has 0 aromatic carbocycles. The number of carboxylic acid groups (broad SMARTS) is 1. The number of amides is 1. The van der Waals surface area contributed by atoms with Crippen LogP contribution in [0.5, 0.6) is 0 Å². The molecule has 1 aliphatic carbocycles. The van der Waals surface area contributed by atoms with Gasteiger partial charge >= 0.3 is 5.97 Å². The van der Waals surface area contributed by atoms with Crippen molar-refractivity contribution in [2.24, 2.45) is 0 Å². The van der Waals surface area contributed by atoms with Gasteiger partial charge in [0, 0.05) is 11.8 Å². The van der Waals surface area contributed by atoms with Crippen LogP contribution in [0.2, 0.25) is 0 Å². The molecule has 1 atom stereocenters. The molecule has 0 saturated carbocycles. The second kappa shape index (κ2) is 7.20. The molecule has 5 nitrogen and oxygen atoms in total. The summed E-state index contributed by atoms with van der Waals surface area (Å²) in [7, 11) is 0. The molecule has 1 aliphatic rings. The first-order valence-electron chi connectivity index (χ1n) is 7.66. The van der Waals surface area contributed by atoms with Crippen molar-refractivity contribution in [3.63, 3.8) is 0 Å². The minimum absolute atomic E-state index is 0.184. The van der Waals surface area contributed by atoms with Gasteiger partial charge in [0.05, 0.1) is 17.7 Å². The zero-order chi connectivity index (χ0) is 16.0. The summed E-state index contributed by atoms with van der Waals surface area (Å²) in [6, 6.07) is 5.30. The van der Waals surface area contributed by atoms with Crippen molar-refractivity contribution in [2.75, 3.05) is 0 Å². The quantitative estimate of drug-likeness (QED) is 0.876. The number of pyridine rings is 1. The van der Waals surface area contributed by atoms with Gasteiger partial charge in [0.2, 0.25) is 5.91 Å². The number of hydrogen-bond acceptors (Lipinski definition) is 3. The van der Waals surface area contributed by atoms with Crippen LogP contribution in [-0.4, -0.2) is 22.0 Å². The highest BCUT2D eigenvalue weighted by Crippen LogP contribution is 2.25. The first-order chi connectivity index (χ1) is 10.5. The largest absolute Gasteiger partial charge is 0.481 e. The SMILES string of the molecule is CC(CC(=O)O)(NC(=O)C1=CCCCCC1)c1ccccn1. The van der Waals surface area contributed by atoms with Crippen LogP contribution in [0.3, 0.4) is 0 Å². The van der Waals surface area contributed by atoms with Crippen molar-refractivity contribution in [3.05, 3.63) is 41.7 Å². The van der Waals surface area contributed by atoms with Crippen LogP contribution in [0.4, 0.5) is 0 Å². The normalized spacial score (nSPS) is 17.8. The van der Waals surface area contributed by atoms with E-state index in [1.54, 1.807) is 31.3 Å².